The summed E-state index contributed by atoms with van der Waals surface area (Å²) in [7, 11) is 0. The zero-order valence-electron chi connectivity index (χ0n) is 13.0. The van der Waals surface area contributed by atoms with Crippen LogP contribution in [0.4, 0.5) is 0 Å². The molecule has 2 fully saturated rings. The molecule has 6 nitrogen and oxygen atoms in total. The molecular weight excluding hydrogens is 316 g/mol. The average Bonchev–Trinajstić information content (AvgIpc) is 3.16. The smallest absolute Gasteiger partial charge is 0.229 e. The van der Waals surface area contributed by atoms with Crippen LogP contribution < -0.4 is 5.32 Å². The van der Waals surface area contributed by atoms with Crippen LogP contribution in [0.15, 0.2) is 21.1 Å². The summed E-state index contributed by atoms with van der Waals surface area (Å²) in [5.74, 6) is 3.03. The highest BCUT2D eigenvalue weighted by atomic mass is 35.5. The molecule has 0 aromatic carbocycles. The van der Waals surface area contributed by atoms with Crippen molar-refractivity contribution in [1.29, 1.82) is 0 Å². The Labute approximate surface area is 140 Å². The third-order valence-corrected chi connectivity index (χ3v) is 4.68. The molecule has 124 valence electrons. The quantitative estimate of drug-likeness (QED) is 0.874. The number of hydrogen-bond donors (Lipinski definition) is 1. The minimum Gasteiger partial charge on any atom is -0.448 e. The Morgan fingerprint density at radius 1 is 1.30 bits per heavy atom. The summed E-state index contributed by atoms with van der Waals surface area (Å²) in [4.78, 5) is 6.90. The molecule has 1 saturated carbocycles. The van der Waals surface area contributed by atoms with Crippen molar-refractivity contribution < 1.29 is 8.94 Å². The summed E-state index contributed by atoms with van der Waals surface area (Å²) in [5, 5.41) is 8.10. The van der Waals surface area contributed by atoms with E-state index < -0.39 is 0 Å². The topological polar surface area (TPSA) is 67.3 Å². The van der Waals surface area contributed by atoms with Gasteiger partial charge in [-0.2, -0.15) is 4.98 Å². The summed E-state index contributed by atoms with van der Waals surface area (Å²) in [6, 6.07) is 4.14. The Morgan fingerprint density at radius 2 is 2.22 bits per heavy atom. The van der Waals surface area contributed by atoms with Crippen molar-refractivity contribution in [2.24, 2.45) is 0 Å². The van der Waals surface area contributed by atoms with Gasteiger partial charge in [-0.15, -0.1) is 0 Å². The number of aromatic nitrogens is 2. The second-order valence-electron chi connectivity index (χ2n) is 6.48. The fourth-order valence-electron chi connectivity index (χ4n) is 3.09. The lowest BCUT2D eigenvalue weighted by Gasteiger charge is -2.32. The maximum atomic E-state index is 5.80. The third-order valence-electron chi connectivity index (χ3n) is 4.47. The van der Waals surface area contributed by atoms with E-state index in [2.05, 4.69) is 20.4 Å². The van der Waals surface area contributed by atoms with Gasteiger partial charge < -0.3 is 14.3 Å². The standard InChI is InChI=1S/C16H21ClN4O2/c17-14-6-5-13(22-14)8-18-12-2-1-7-21(9-12)10-15-19-16(23-20-15)11-3-4-11/h5-6,11-12,18H,1-4,7-10H2/t12-/m1/s1. The first-order chi connectivity index (χ1) is 11.3. The van der Waals surface area contributed by atoms with Crippen LogP contribution in [-0.4, -0.2) is 34.2 Å². The van der Waals surface area contributed by atoms with Crippen molar-refractivity contribution >= 4 is 11.6 Å². The van der Waals surface area contributed by atoms with Crippen LogP contribution in [-0.2, 0) is 13.1 Å². The molecule has 1 atom stereocenters. The second-order valence-corrected chi connectivity index (χ2v) is 6.86. The maximum Gasteiger partial charge on any atom is 0.229 e. The van der Waals surface area contributed by atoms with E-state index in [0.717, 1.165) is 37.1 Å². The molecule has 0 amide bonds. The molecule has 0 radical (unpaired) electrons. The van der Waals surface area contributed by atoms with Gasteiger partial charge in [0.15, 0.2) is 11.0 Å². The van der Waals surface area contributed by atoms with Crippen LogP contribution in [0.25, 0.3) is 0 Å². The summed E-state index contributed by atoms with van der Waals surface area (Å²) in [5.41, 5.74) is 0. The van der Waals surface area contributed by atoms with Crippen LogP contribution in [0, 0.1) is 0 Å². The number of nitrogens with zero attached hydrogens (tertiary/aromatic N) is 3. The lowest BCUT2D eigenvalue weighted by Crippen LogP contribution is -2.45. The van der Waals surface area contributed by atoms with Gasteiger partial charge in [0.05, 0.1) is 13.1 Å². The minimum absolute atomic E-state index is 0.440. The summed E-state index contributed by atoms with van der Waals surface area (Å²) < 4.78 is 10.7. The van der Waals surface area contributed by atoms with Gasteiger partial charge in [-0.3, -0.25) is 4.90 Å². The summed E-state index contributed by atoms with van der Waals surface area (Å²) in [6.45, 7) is 3.54. The molecule has 2 aromatic heterocycles. The van der Waals surface area contributed by atoms with Crippen LogP contribution in [0.3, 0.4) is 0 Å². The molecule has 1 aliphatic heterocycles. The van der Waals surface area contributed by atoms with Crippen molar-refractivity contribution in [1.82, 2.24) is 20.4 Å². The Balaban J connectivity index is 1.27. The predicted molar refractivity (Wildman–Crippen MR) is 85.1 cm³/mol. The van der Waals surface area contributed by atoms with E-state index >= 15 is 0 Å². The first-order valence-electron chi connectivity index (χ1n) is 8.29. The predicted octanol–water partition coefficient (Wildman–Crippen LogP) is 2.95. The Hall–Kier alpha value is -1.37. The van der Waals surface area contributed by atoms with Gasteiger partial charge in [0, 0.05) is 18.5 Å². The van der Waals surface area contributed by atoms with Gasteiger partial charge >= 0.3 is 0 Å². The van der Waals surface area contributed by atoms with E-state index in [1.165, 1.54) is 25.7 Å². The second kappa shape index (κ2) is 6.63. The summed E-state index contributed by atoms with van der Waals surface area (Å²) >= 11 is 5.80. The van der Waals surface area contributed by atoms with Gasteiger partial charge in [-0.25, -0.2) is 0 Å². The Morgan fingerprint density at radius 3 is 3.00 bits per heavy atom. The molecule has 1 aliphatic carbocycles. The van der Waals surface area contributed by atoms with Crippen LogP contribution in [0.2, 0.25) is 5.22 Å². The lowest BCUT2D eigenvalue weighted by atomic mass is 10.1. The molecule has 4 rings (SSSR count). The van der Waals surface area contributed by atoms with Gasteiger partial charge in [0.1, 0.15) is 5.76 Å². The van der Waals surface area contributed by atoms with Crippen molar-refractivity contribution in [3.63, 3.8) is 0 Å². The van der Waals surface area contributed by atoms with Crippen molar-refractivity contribution in [3.05, 3.63) is 34.8 Å². The molecular formula is C16H21ClN4O2. The highest BCUT2D eigenvalue weighted by Gasteiger charge is 2.30. The van der Waals surface area contributed by atoms with E-state index in [0.29, 0.717) is 23.7 Å². The molecule has 23 heavy (non-hydrogen) atoms. The molecule has 0 bridgehead atoms. The Bertz CT molecular complexity index is 652. The number of hydrogen-bond acceptors (Lipinski definition) is 6. The first-order valence-corrected chi connectivity index (χ1v) is 8.66. The molecule has 2 aromatic rings. The van der Waals surface area contributed by atoms with Crippen molar-refractivity contribution in [2.75, 3.05) is 13.1 Å². The van der Waals surface area contributed by atoms with E-state index in [-0.39, 0.29) is 0 Å². The Kier molecular flexibility index (Phi) is 4.37. The van der Waals surface area contributed by atoms with Crippen molar-refractivity contribution in [2.45, 2.75) is 50.7 Å². The summed E-state index contributed by atoms with van der Waals surface area (Å²) in [6.07, 6.45) is 4.72. The monoisotopic (exact) mass is 336 g/mol. The van der Waals surface area contributed by atoms with E-state index in [1.807, 2.05) is 6.07 Å². The third kappa shape index (κ3) is 3.94. The highest BCUT2D eigenvalue weighted by molar-refractivity contribution is 6.28. The number of likely N-dealkylation sites (tertiary alicyclic amines) is 1. The molecule has 0 spiro atoms. The average molecular weight is 337 g/mol. The SMILES string of the molecule is Clc1ccc(CN[C@@H]2CCCN(Cc3noc(C4CC4)n3)C2)o1. The van der Waals surface area contributed by atoms with Gasteiger partial charge in [0.25, 0.3) is 0 Å². The van der Waals surface area contributed by atoms with Crippen LogP contribution >= 0.6 is 11.6 Å². The normalized spacial score (nSPS) is 22.6. The number of furan rings is 1. The van der Waals surface area contributed by atoms with Crippen molar-refractivity contribution in [3.8, 4) is 0 Å². The molecule has 3 heterocycles. The fourth-order valence-corrected chi connectivity index (χ4v) is 3.25. The molecule has 2 aliphatic rings. The number of halogens is 1. The largest absolute Gasteiger partial charge is 0.448 e. The molecule has 7 heteroatoms. The molecule has 1 N–H and O–H groups in total. The zero-order valence-corrected chi connectivity index (χ0v) is 13.8. The zero-order chi connectivity index (χ0) is 15.6. The number of piperidine rings is 1. The van der Waals surface area contributed by atoms with Gasteiger partial charge in [-0.1, -0.05) is 5.16 Å². The van der Waals surface area contributed by atoms with Gasteiger partial charge in [0.2, 0.25) is 5.89 Å². The van der Waals surface area contributed by atoms with Gasteiger partial charge in [-0.05, 0) is 56.0 Å². The molecule has 1 saturated heterocycles. The van der Waals surface area contributed by atoms with Crippen LogP contribution in [0.5, 0.6) is 0 Å². The minimum atomic E-state index is 0.440. The van der Waals surface area contributed by atoms with E-state index in [1.54, 1.807) is 6.07 Å². The van der Waals surface area contributed by atoms with E-state index in [4.69, 9.17) is 20.5 Å². The number of nitrogens with one attached hydrogen (secondary N) is 1. The molecule has 0 unspecified atom stereocenters. The fraction of sp³-hybridized carbons (Fsp3) is 0.625. The van der Waals surface area contributed by atoms with Crippen LogP contribution in [0.1, 0.15) is 49.1 Å². The van der Waals surface area contributed by atoms with E-state index in [9.17, 15) is 0 Å². The lowest BCUT2D eigenvalue weighted by molar-refractivity contribution is 0.175. The first kappa shape index (κ1) is 15.2. The number of rotatable bonds is 6. The highest BCUT2D eigenvalue weighted by Crippen LogP contribution is 2.38. The maximum absolute atomic E-state index is 5.80.